The summed E-state index contributed by atoms with van der Waals surface area (Å²) in [5.74, 6) is 0. The summed E-state index contributed by atoms with van der Waals surface area (Å²) in [5, 5.41) is 2.55. The molecule has 6 aromatic carbocycles. The zero-order valence-corrected chi connectivity index (χ0v) is 22.7. The molecule has 190 valence electrons. The molecule has 40 heavy (non-hydrogen) atoms. The number of hydrogen-bond donors (Lipinski definition) is 0. The first-order chi connectivity index (χ1) is 19.6. The molecule has 1 aliphatic carbocycles. The molecule has 0 spiro atoms. The highest BCUT2D eigenvalue weighted by Gasteiger charge is 2.35. The molecule has 0 saturated carbocycles. The van der Waals surface area contributed by atoms with Gasteiger partial charge in [0.05, 0.1) is 11.0 Å². The number of nitrogens with zero attached hydrogens (tertiary/aromatic N) is 1. The van der Waals surface area contributed by atoms with Gasteiger partial charge in [-0.3, -0.25) is 0 Å². The van der Waals surface area contributed by atoms with Crippen molar-refractivity contribution in [1.29, 1.82) is 0 Å². The Hall–Kier alpha value is -4.88. The van der Waals surface area contributed by atoms with E-state index in [9.17, 15) is 0 Å². The van der Waals surface area contributed by atoms with Gasteiger partial charge in [-0.25, -0.2) is 0 Å². The Morgan fingerprint density at radius 3 is 1.93 bits per heavy atom. The molecule has 0 amide bonds. The molecule has 0 radical (unpaired) electrons. The van der Waals surface area contributed by atoms with Crippen molar-refractivity contribution in [2.45, 2.75) is 19.3 Å². The first-order valence-electron chi connectivity index (χ1n) is 14.0. The summed E-state index contributed by atoms with van der Waals surface area (Å²) in [6, 6.07) is 51.1. The molecular weight excluding hydrogens is 482 g/mol. The van der Waals surface area contributed by atoms with Crippen LogP contribution in [0.1, 0.15) is 25.0 Å². The van der Waals surface area contributed by atoms with Crippen LogP contribution in [0.25, 0.3) is 60.9 Å². The second-order valence-electron chi connectivity index (χ2n) is 11.4. The molecule has 0 saturated heterocycles. The highest BCUT2D eigenvalue weighted by molar-refractivity contribution is 6.14. The topological polar surface area (TPSA) is 4.93 Å². The minimum Gasteiger partial charge on any atom is -0.309 e. The Kier molecular flexibility index (Phi) is 4.93. The van der Waals surface area contributed by atoms with Crippen LogP contribution in [-0.4, -0.2) is 4.57 Å². The zero-order valence-electron chi connectivity index (χ0n) is 22.7. The van der Waals surface area contributed by atoms with Gasteiger partial charge in [0.15, 0.2) is 0 Å². The van der Waals surface area contributed by atoms with E-state index in [0.717, 1.165) is 0 Å². The molecule has 0 atom stereocenters. The molecule has 0 unspecified atom stereocenters. The predicted molar refractivity (Wildman–Crippen MR) is 169 cm³/mol. The highest BCUT2D eigenvalue weighted by Crippen LogP contribution is 2.50. The fraction of sp³-hybridized carbons (Fsp3) is 0.0769. The molecule has 1 aliphatic rings. The van der Waals surface area contributed by atoms with Gasteiger partial charge < -0.3 is 4.57 Å². The van der Waals surface area contributed by atoms with Crippen molar-refractivity contribution in [3.05, 3.63) is 151 Å². The third kappa shape index (κ3) is 3.21. The molecule has 8 rings (SSSR count). The summed E-state index contributed by atoms with van der Waals surface area (Å²) in [7, 11) is 0. The predicted octanol–water partition coefficient (Wildman–Crippen LogP) is 10.4. The maximum Gasteiger partial charge on any atom is 0.0619 e. The first-order valence-corrected chi connectivity index (χ1v) is 14.0. The molecule has 1 aromatic heterocycles. The summed E-state index contributed by atoms with van der Waals surface area (Å²) in [4.78, 5) is 0. The Balaban J connectivity index is 1.39. The molecule has 0 fully saturated rings. The van der Waals surface area contributed by atoms with Gasteiger partial charge in [0.1, 0.15) is 0 Å². The van der Waals surface area contributed by atoms with E-state index in [1.165, 1.54) is 72.0 Å². The largest absolute Gasteiger partial charge is 0.309 e. The Morgan fingerprint density at radius 2 is 1.07 bits per heavy atom. The summed E-state index contributed by atoms with van der Waals surface area (Å²) >= 11 is 0. The molecule has 1 heterocycles. The average molecular weight is 512 g/mol. The number of aromatic nitrogens is 1. The van der Waals surface area contributed by atoms with Crippen LogP contribution in [0.4, 0.5) is 0 Å². The van der Waals surface area contributed by atoms with Crippen molar-refractivity contribution in [1.82, 2.24) is 4.57 Å². The molecule has 0 N–H and O–H groups in total. The molecule has 1 nitrogen and oxygen atoms in total. The van der Waals surface area contributed by atoms with Gasteiger partial charge in [-0.2, -0.15) is 0 Å². The minimum absolute atomic E-state index is 0.0311. The first kappa shape index (κ1) is 23.0. The Morgan fingerprint density at radius 1 is 0.450 bits per heavy atom. The quantitative estimate of drug-likeness (QED) is 0.222. The second-order valence-corrected chi connectivity index (χ2v) is 11.4. The Bertz CT molecular complexity index is 2070. The lowest BCUT2D eigenvalue weighted by Crippen LogP contribution is -2.14. The van der Waals surface area contributed by atoms with E-state index < -0.39 is 0 Å². The van der Waals surface area contributed by atoms with Gasteiger partial charge in [-0.1, -0.05) is 129 Å². The van der Waals surface area contributed by atoms with Gasteiger partial charge in [-0.15, -0.1) is 0 Å². The van der Waals surface area contributed by atoms with Crippen molar-refractivity contribution in [3.63, 3.8) is 0 Å². The van der Waals surface area contributed by atoms with E-state index in [2.05, 4.69) is 158 Å². The maximum absolute atomic E-state index is 2.43. The van der Waals surface area contributed by atoms with Gasteiger partial charge >= 0.3 is 0 Å². The number of hydrogen-bond acceptors (Lipinski definition) is 0. The van der Waals surface area contributed by atoms with Crippen LogP contribution in [0.5, 0.6) is 0 Å². The van der Waals surface area contributed by atoms with Crippen LogP contribution in [0.2, 0.25) is 0 Å². The molecule has 7 aromatic rings. The van der Waals surface area contributed by atoms with Gasteiger partial charge in [-0.05, 0) is 63.2 Å². The van der Waals surface area contributed by atoms with Crippen LogP contribution in [0.3, 0.4) is 0 Å². The van der Waals surface area contributed by atoms with Gasteiger partial charge in [0, 0.05) is 27.4 Å². The molecular formula is C39H29N. The normalized spacial score (nSPS) is 13.4. The zero-order chi connectivity index (χ0) is 26.8. The molecule has 0 aliphatic heterocycles. The summed E-state index contributed by atoms with van der Waals surface area (Å²) in [6.07, 6.45) is 0. The lowest BCUT2D eigenvalue weighted by Gasteiger charge is -2.22. The monoisotopic (exact) mass is 511 g/mol. The van der Waals surface area contributed by atoms with E-state index in [0.29, 0.717) is 0 Å². The minimum atomic E-state index is -0.0311. The van der Waals surface area contributed by atoms with Gasteiger partial charge in [0.2, 0.25) is 0 Å². The van der Waals surface area contributed by atoms with Crippen molar-refractivity contribution in [2.24, 2.45) is 0 Å². The van der Waals surface area contributed by atoms with E-state index in [1.807, 2.05) is 0 Å². The lowest BCUT2D eigenvalue weighted by atomic mass is 9.81. The van der Waals surface area contributed by atoms with E-state index in [-0.39, 0.29) is 5.41 Å². The second kappa shape index (κ2) is 8.56. The number of rotatable bonds is 3. The van der Waals surface area contributed by atoms with Crippen molar-refractivity contribution in [2.75, 3.05) is 0 Å². The van der Waals surface area contributed by atoms with E-state index in [1.54, 1.807) is 0 Å². The number of para-hydroxylation sites is 3. The van der Waals surface area contributed by atoms with Crippen molar-refractivity contribution < 1.29 is 0 Å². The van der Waals surface area contributed by atoms with Crippen molar-refractivity contribution in [3.8, 4) is 39.1 Å². The molecule has 0 bridgehead atoms. The van der Waals surface area contributed by atoms with Crippen LogP contribution in [0.15, 0.2) is 140 Å². The van der Waals surface area contributed by atoms with E-state index >= 15 is 0 Å². The molecule has 1 heteroatoms. The van der Waals surface area contributed by atoms with E-state index in [4.69, 9.17) is 0 Å². The fourth-order valence-electron chi connectivity index (χ4n) is 6.92. The SMILES string of the molecule is CC1(C)c2ccccc2-c2ccc(-c3ccccc3-c3cccc4c5ccccc5n(-c5ccccc5)c34)cc21. The Labute approximate surface area is 235 Å². The summed E-state index contributed by atoms with van der Waals surface area (Å²) in [6.45, 7) is 4.71. The third-order valence-corrected chi connectivity index (χ3v) is 8.82. The highest BCUT2D eigenvalue weighted by atomic mass is 15.0. The third-order valence-electron chi connectivity index (χ3n) is 8.82. The maximum atomic E-state index is 2.43. The standard InChI is InChI=1S/C39H29N/c1-39(2)35-21-10-8-17-30(35)31-24-23-26(25-36(31)39)28-15-6-7-16-29(28)33-19-12-20-34-32-18-9-11-22-37(32)40(38(33)34)27-13-4-3-5-14-27/h3-25H,1-2H3. The van der Waals surface area contributed by atoms with Crippen LogP contribution >= 0.6 is 0 Å². The smallest absolute Gasteiger partial charge is 0.0619 e. The number of benzene rings is 6. The van der Waals surface area contributed by atoms with Gasteiger partial charge in [0.25, 0.3) is 0 Å². The van der Waals surface area contributed by atoms with Crippen LogP contribution in [-0.2, 0) is 5.41 Å². The van der Waals surface area contributed by atoms with Crippen molar-refractivity contribution >= 4 is 21.8 Å². The fourth-order valence-corrected chi connectivity index (χ4v) is 6.92. The summed E-state index contributed by atoms with van der Waals surface area (Å²) < 4.78 is 2.43. The summed E-state index contributed by atoms with van der Waals surface area (Å²) in [5.41, 5.74) is 14.2. The number of fused-ring (bicyclic) bond motifs is 6. The van der Waals surface area contributed by atoms with Crippen LogP contribution < -0.4 is 0 Å². The lowest BCUT2D eigenvalue weighted by molar-refractivity contribution is 0.660. The van der Waals surface area contributed by atoms with Crippen LogP contribution in [0, 0.1) is 0 Å². The average Bonchev–Trinajstić information content (AvgIpc) is 3.47.